The lowest BCUT2D eigenvalue weighted by Crippen LogP contribution is -2.35. The summed E-state index contributed by atoms with van der Waals surface area (Å²) in [5.74, 6) is -2.83. The van der Waals surface area contributed by atoms with Crippen molar-refractivity contribution in [3.63, 3.8) is 0 Å². The summed E-state index contributed by atoms with van der Waals surface area (Å²) in [7, 11) is 1.63. The van der Waals surface area contributed by atoms with Crippen LogP contribution < -0.4 is 10.6 Å². The van der Waals surface area contributed by atoms with E-state index in [1.54, 1.807) is 31.3 Å². The summed E-state index contributed by atoms with van der Waals surface area (Å²) < 4.78 is 6.57. The number of hydrogen-bond acceptors (Lipinski definition) is 5. The molecule has 2 amide bonds. The molecule has 9 heteroatoms. The fraction of sp³-hybridized carbons (Fsp3) is 0.333. The Kier molecular flexibility index (Phi) is 5.39. The quantitative estimate of drug-likeness (QED) is 0.661. The molecule has 1 aliphatic carbocycles. The number of carboxylic acids is 1. The molecular weight excluding hydrogens is 352 g/mol. The maximum absolute atomic E-state index is 12.6. The third-order valence-electron chi connectivity index (χ3n) is 4.39. The molecular formula is C18H20N4O5. The summed E-state index contributed by atoms with van der Waals surface area (Å²) in [5, 5.41) is 18.7. The van der Waals surface area contributed by atoms with E-state index in [0.717, 1.165) is 0 Å². The number of allylic oxidation sites excluding steroid dienone is 2. The van der Waals surface area contributed by atoms with Crippen LogP contribution >= 0.6 is 0 Å². The monoisotopic (exact) mass is 372 g/mol. The number of anilines is 1. The molecule has 0 radical (unpaired) electrons. The number of nitrogens with one attached hydrogen (secondary N) is 2. The van der Waals surface area contributed by atoms with Gasteiger partial charge in [0.05, 0.1) is 30.3 Å². The third-order valence-corrected chi connectivity index (χ3v) is 4.39. The highest BCUT2D eigenvalue weighted by Crippen LogP contribution is 2.27. The van der Waals surface area contributed by atoms with Crippen LogP contribution in [0.15, 0.2) is 41.2 Å². The zero-order chi connectivity index (χ0) is 19.4. The fourth-order valence-electron chi connectivity index (χ4n) is 3.01. The van der Waals surface area contributed by atoms with Gasteiger partial charge in [-0.25, -0.2) is 0 Å². The van der Waals surface area contributed by atoms with Crippen LogP contribution in [-0.4, -0.2) is 32.7 Å². The number of amides is 2. The Balaban J connectivity index is 1.71. The van der Waals surface area contributed by atoms with Gasteiger partial charge in [0.15, 0.2) is 5.69 Å². The van der Waals surface area contributed by atoms with Crippen molar-refractivity contribution in [1.82, 2.24) is 15.1 Å². The molecule has 0 aliphatic heterocycles. The zero-order valence-electron chi connectivity index (χ0n) is 14.7. The van der Waals surface area contributed by atoms with Crippen molar-refractivity contribution in [2.75, 3.05) is 5.32 Å². The number of aromatic nitrogens is 2. The van der Waals surface area contributed by atoms with Crippen molar-refractivity contribution in [1.29, 1.82) is 0 Å². The van der Waals surface area contributed by atoms with E-state index in [0.29, 0.717) is 18.6 Å². The molecule has 2 aromatic rings. The Morgan fingerprint density at radius 2 is 2.04 bits per heavy atom. The topological polar surface area (TPSA) is 126 Å². The number of carboxylic acid groups (broad SMARTS) is 1. The van der Waals surface area contributed by atoms with Gasteiger partial charge in [-0.2, -0.15) is 5.10 Å². The summed E-state index contributed by atoms with van der Waals surface area (Å²) in [6.45, 7) is 0.185. The highest BCUT2D eigenvalue weighted by molar-refractivity contribution is 6.03. The Morgan fingerprint density at radius 3 is 2.70 bits per heavy atom. The van der Waals surface area contributed by atoms with Gasteiger partial charge in [0.1, 0.15) is 5.76 Å². The highest BCUT2D eigenvalue weighted by atomic mass is 16.4. The first-order valence-electron chi connectivity index (χ1n) is 8.48. The molecule has 0 saturated heterocycles. The van der Waals surface area contributed by atoms with E-state index in [1.165, 1.54) is 17.1 Å². The van der Waals surface area contributed by atoms with Crippen LogP contribution in [0, 0.1) is 11.8 Å². The van der Waals surface area contributed by atoms with E-state index >= 15 is 0 Å². The van der Waals surface area contributed by atoms with Crippen LogP contribution in [0.5, 0.6) is 0 Å². The number of hydrogen-bond donors (Lipinski definition) is 3. The number of aliphatic carboxylic acids is 1. The molecule has 0 bridgehead atoms. The van der Waals surface area contributed by atoms with Crippen LogP contribution in [0.3, 0.4) is 0 Å². The number of carbonyl (C=O) groups excluding carboxylic acids is 2. The molecule has 9 nitrogen and oxygen atoms in total. The molecule has 27 heavy (non-hydrogen) atoms. The molecule has 2 heterocycles. The first kappa shape index (κ1) is 18.4. The first-order chi connectivity index (χ1) is 13.0. The Hall–Kier alpha value is -3.36. The number of furan rings is 1. The predicted molar refractivity (Wildman–Crippen MR) is 94.7 cm³/mol. The predicted octanol–water partition coefficient (Wildman–Crippen LogP) is 1.55. The van der Waals surface area contributed by atoms with Gasteiger partial charge in [0.25, 0.3) is 5.91 Å². The fourth-order valence-corrected chi connectivity index (χ4v) is 3.01. The van der Waals surface area contributed by atoms with Crippen molar-refractivity contribution in [2.45, 2.75) is 19.4 Å². The normalized spacial score (nSPS) is 18.9. The van der Waals surface area contributed by atoms with E-state index in [9.17, 15) is 19.5 Å². The molecule has 142 valence electrons. The standard InChI is InChI=1S/C18H20N4O5/c1-22-10-14(15(21-22)17(24)19-9-11-5-4-8-27-11)20-16(23)12-6-2-3-7-13(12)18(25)26/h2-5,8,10,12-13H,6-7,9H2,1H3,(H,19,24)(H,20,23)(H,25,26)/t12-,13-/m1/s1. The van der Waals surface area contributed by atoms with Crippen molar-refractivity contribution >= 4 is 23.5 Å². The number of aryl methyl sites for hydroxylation is 1. The second-order valence-corrected chi connectivity index (χ2v) is 6.31. The Bertz CT molecular complexity index is 868. The minimum Gasteiger partial charge on any atom is -0.481 e. The third kappa shape index (κ3) is 4.25. The summed E-state index contributed by atoms with van der Waals surface area (Å²) in [5.41, 5.74) is 0.286. The summed E-state index contributed by atoms with van der Waals surface area (Å²) in [6, 6.07) is 3.44. The zero-order valence-corrected chi connectivity index (χ0v) is 14.7. The van der Waals surface area contributed by atoms with Gasteiger partial charge in [-0.1, -0.05) is 12.2 Å². The molecule has 0 unspecified atom stereocenters. The van der Waals surface area contributed by atoms with Gasteiger partial charge >= 0.3 is 5.97 Å². The lowest BCUT2D eigenvalue weighted by atomic mass is 9.82. The van der Waals surface area contributed by atoms with Gasteiger partial charge in [0, 0.05) is 13.2 Å². The minimum atomic E-state index is -1.01. The van der Waals surface area contributed by atoms with Crippen molar-refractivity contribution in [3.8, 4) is 0 Å². The van der Waals surface area contributed by atoms with E-state index in [1.807, 2.05) is 0 Å². The smallest absolute Gasteiger partial charge is 0.307 e. The van der Waals surface area contributed by atoms with Gasteiger partial charge in [-0.05, 0) is 25.0 Å². The van der Waals surface area contributed by atoms with Crippen molar-refractivity contribution in [2.24, 2.45) is 18.9 Å². The molecule has 0 aromatic carbocycles. The number of nitrogens with zero attached hydrogens (tertiary/aromatic N) is 2. The maximum Gasteiger partial charge on any atom is 0.307 e. The largest absolute Gasteiger partial charge is 0.481 e. The molecule has 3 rings (SSSR count). The first-order valence-corrected chi connectivity index (χ1v) is 8.48. The molecule has 0 spiro atoms. The van der Waals surface area contributed by atoms with Gasteiger partial charge in [-0.15, -0.1) is 0 Å². The molecule has 0 saturated carbocycles. The summed E-state index contributed by atoms with van der Waals surface area (Å²) in [6.07, 6.45) is 7.21. The molecule has 2 aromatic heterocycles. The van der Waals surface area contributed by atoms with Crippen molar-refractivity contribution < 1.29 is 23.9 Å². The van der Waals surface area contributed by atoms with Gasteiger partial charge in [0.2, 0.25) is 5.91 Å². The van der Waals surface area contributed by atoms with Crippen LogP contribution in [0.4, 0.5) is 5.69 Å². The van der Waals surface area contributed by atoms with Crippen LogP contribution in [0.2, 0.25) is 0 Å². The summed E-state index contributed by atoms with van der Waals surface area (Å²) >= 11 is 0. The van der Waals surface area contributed by atoms with Gasteiger partial charge in [-0.3, -0.25) is 19.1 Å². The number of carbonyl (C=O) groups is 3. The van der Waals surface area contributed by atoms with E-state index < -0.39 is 29.6 Å². The van der Waals surface area contributed by atoms with E-state index in [4.69, 9.17) is 4.42 Å². The van der Waals surface area contributed by atoms with Crippen LogP contribution in [0.1, 0.15) is 29.1 Å². The SMILES string of the molecule is Cn1cc(NC(=O)[C@@H]2CC=CC[C@H]2C(=O)O)c(C(=O)NCc2ccco2)n1. The van der Waals surface area contributed by atoms with Crippen LogP contribution in [0.25, 0.3) is 0 Å². The molecule has 1 aliphatic rings. The molecule has 2 atom stereocenters. The maximum atomic E-state index is 12.6. The average molecular weight is 372 g/mol. The number of rotatable bonds is 6. The van der Waals surface area contributed by atoms with Gasteiger partial charge < -0.3 is 20.2 Å². The van der Waals surface area contributed by atoms with E-state index in [-0.39, 0.29) is 17.9 Å². The second kappa shape index (κ2) is 7.90. The second-order valence-electron chi connectivity index (χ2n) is 6.31. The average Bonchev–Trinajstić information content (AvgIpc) is 3.29. The Morgan fingerprint density at radius 1 is 1.30 bits per heavy atom. The van der Waals surface area contributed by atoms with E-state index in [2.05, 4.69) is 15.7 Å². The van der Waals surface area contributed by atoms with Crippen LogP contribution in [-0.2, 0) is 23.2 Å². The lowest BCUT2D eigenvalue weighted by molar-refractivity contribution is -0.146. The van der Waals surface area contributed by atoms with Crippen molar-refractivity contribution in [3.05, 3.63) is 48.2 Å². The molecule has 3 N–H and O–H groups in total. The summed E-state index contributed by atoms with van der Waals surface area (Å²) in [4.78, 5) is 36.4. The lowest BCUT2D eigenvalue weighted by Gasteiger charge is -2.24. The minimum absolute atomic E-state index is 0.0515. The molecule has 0 fully saturated rings. The highest BCUT2D eigenvalue weighted by Gasteiger charge is 2.34. The Labute approximate surface area is 155 Å².